The number of H-pyrrole nitrogens is 1. The summed E-state index contributed by atoms with van der Waals surface area (Å²) < 4.78 is 0. The van der Waals surface area contributed by atoms with E-state index in [9.17, 15) is 9.90 Å². The van der Waals surface area contributed by atoms with Gasteiger partial charge in [0.25, 0.3) is 5.91 Å². The van der Waals surface area contributed by atoms with Gasteiger partial charge in [0.15, 0.2) is 5.60 Å². The maximum atomic E-state index is 12.4. The number of carbonyl (C=O) groups excluding carboxylic acids is 1. The van der Waals surface area contributed by atoms with Crippen LogP contribution in [-0.4, -0.2) is 44.5 Å². The van der Waals surface area contributed by atoms with Crippen LogP contribution in [0.3, 0.4) is 0 Å². The smallest absolute Gasteiger partial charge is 0.258 e. The molecule has 1 aliphatic rings. The van der Waals surface area contributed by atoms with Crippen LogP contribution in [0.25, 0.3) is 32.9 Å². The summed E-state index contributed by atoms with van der Waals surface area (Å²) in [5.74, 6) is -0.270. The number of likely N-dealkylation sites (N-methyl/N-ethyl adjacent to an activating group) is 1. The van der Waals surface area contributed by atoms with Gasteiger partial charge in [0, 0.05) is 54.3 Å². The molecule has 0 bridgehead atoms. The number of hydrogen-bond acceptors (Lipinski definition) is 5. The van der Waals surface area contributed by atoms with E-state index in [1.165, 1.54) is 11.3 Å². The zero-order valence-electron chi connectivity index (χ0n) is 15.5. The summed E-state index contributed by atoms with van der Waals surface area (Å²) in [4.78, 5) is 26.2. The molecule has 1 atom stereocenters. The highest BCUT2D eigenvalue weighted by Gasteiger charge is 2.45. The quantitative estimate of drug-likeness (QED) is 0.519. The normalized spacial score (nSPS) is 19.4. The molecule has 146 valence electrons. The lowest BCUT2D eigenvalue weighted by molar-refractivity contribution is -0.143. The molecule has 1 fully saturated rings. The zero-order valence-corrected chi connectivity index (χ0v) is 17.1. The first-order valence-corrected chi connectivity index (χ1v) is 10.4. The Morgan fingerprint density at radius 1 is 1.34 bits per heavy atom. The van der Waals surface area contributed by atoms with Gasteiger partial charge < -0.3 is 15.0 Å². The number of carbonyl (C=O) groups is 1. The minimum atomic E-state index is -1.48. The molecule has 0 radical (unpaired) electrons. The predicted octanol–water partition coefficient (Wildman–Crippen LogP) is 4.06. The molecule has 8 heteroatoms. The molecule has 3 aromatic heterocycles. The minimum Gasteiger partial charge on any atom is -0.375 e. The summed E-state index contributed by atoms with van der Waals surface area (Å²) in [7, 11) is 1.71. The monoisotopic (exact) mass is 424 g/mol. The number of halogens is 1. The predicted molar refractivity (Wildman–Crippen MR) is 114 cm³/mol. The second-order valence-electron chi connectivity index (χ2n) is 7.18. The van der Waals surface area contributed by atoms with Gasteiger partial charge in [0.2, 0.25) is 0 Å². The number of hydrogen-bond donors (Lipinski definition) is 2. The van der Waals surface area contributed by atoms with Crippen molar-refractivity contribution in [3.8, 4) is 21.8 Å². The Morgan fingerprint density at radius 2 is 2.21 bits per heavy atom. The van der Waals surface area contributed by atoms with Crippen molar-refractivity contribution in [1.29, 1.82) is 0 Å². The summed E-state index contributed by atoms with van der Waals surface area (Å²) in [6, 6.07) is 9.34. The molecule has 4 aromatic rings. The molecule has 5 rings (SSSR count). The molecule has 29 heavy (non-hydrogen) atoms. The van der Waals surface area contributed by atoms with Crippen molar-refractivity contribution in [2.24, 2.45) is 0 Å². The van der Waals surface area contributed by atoms with Gasteiger partial charge in [0.1, 0.15) is 10.7 Å². The van der Waals surface area contributed by atoms with Gasteiger partial charge in [-0.05, 0) is 17.7 Å². The topological polar surface area (TPSA) is 82.1 Å². The fourth-order valence-corrected chi connectivity index (χ4v) is 4.85. The highest BCUT2D eigenvalue weighted by Crippen LogP contribution is 2.38. The summed E-state index contributed by atoms with van der Waals surface area (Å²) in [6.07, 6.45) is 3.82. The lowest BCUT2D eigenvalue weighted by atomic mass is 9.91. The van der Waals surface area contributed by atoms with Gasteiger partial charge in [-0.1, -0.05) is 29.8 Å². The van der Waals surface area contributed by atoms with E-state index < -0.39 is 5.60 Å². The first-order valence-electron chi connectivity index (χ1n) is 9.14. The van der Waals surface area contributed by atoms with E-state index in [0.717, 1.165) is 32.9 Å². The lowest BCUT2D eigenvalue weighted by Gasteiger charge is -2.21. The van der Waals surface area contributed by atoms with Gasteiger partial charge in [-0.2, -0.15) is 0 Å². The Bertz CT molecular complexity index is 1250. The molecule has 2 N–H and O–H groups in total. The molecule has 0 spiro atoms. The molecule has 0 saturated carbocycles. The molecule has 4 heterocycles. The Labute approximate surface area is 175 Å². The minimum absolute atomic E-state index is 0.270. The standard InChI is InChI=1S/C21H17ClN4O2S/c1-26-8-6-21(28,20(26)27)13-4-2-3-12(9-13)19-25-16(11-29-19)17-14-5-7-23-18(14)24-10-15(17)22/h2-5,7,9-11,28H,6,8H2,1H3,(H,23,24)/t21-/m1/s1. The van der Waals surface area contributed by atoms with Crippen molar-refractivity contribution in [2.45, 2.75) is 12.0 Å². The van der Waals surface area contributed by atoms with Gasteiger partial charge >= 0.3 is 0 Å². The summed E-state index contributed by atoms with van der Waals surface area (Å²) in [5.41, 5.74) is 2.33. The van der Waals surface area contributed by atoms with Crippen LogP contribution in [0.5, 0.6) is 0 Å². The Balaban J connectivity index is 1.56. The average Bonchev–Trinajstić information content (AvgIpc) is 3.45. The van der Waals surface area contributed by atoms with Crippen LogP contribution in [0.15, 0.2) is 48.1 Å². The largest absolute Gasteiger partial charge is 0.375 e. The maximum absolute atomic E-state index is 12.4. The molecular weight excluding hydrogens is 408 g/mol. The zero-order chi connectivity index (χ0) is 20.2. The van der Waals surface area contributed by atoms with Crippen molar-refractivity contribution in [1.82, 2.24) is 19.9 Å². The number of likely N-dealkylation sites (tertiary alicyclic amines) is 1. The second kappa shape index (κ2) is 6.66. The van der Waals surface area contributed by atoms with E-state index in [1.54, 1.807) is 24.2 Å². The SMILES string of the molecule is CN1CC[C@@](O)(c2cccc(-c3nc(-c4c(Cl)cnc5[nH]ccc45)cs3)c2)C1=O. The van der Waals surface area contributed by atoms with Crippen LogP contribution in [0.1, 0.15) is 12.0 Å². The van der Waals surface area contributed by atoms with Crippen LogP contribution < -0.4 is 0 Å². The average molecular weight is 425 g/mol. The number of rotatable bonds is 3. The Morgan fingerprint density at radius 3 is 3.00 bits per heavy atom. The van der Waals surface area contributed by atoms with Gasteiger partial charge in [-0.3, -0.25) is 4.79 Å². The number of fused-ring (bicyclic) bond motifs is 1. The number of aromatic nitrogens is 3. The molecule has 1 saturated heterocycles. The Kier molecular flexibility index (Phi) is 4.20. The van der Waals surface area contributed by atoms with Crippen LogP contribution in [0.2, 0.25) is 5.02 Å². The van der Waals surface area contributed by atoms with Crippen molar-refractivity contribution in [3.63, 3.8) is 0 Å². The van der Waals surface area contributed by atoms with E-state index in [2.05, 4.69) is 9.97 Å². The molecule has 1 aliphatic heterocycles. The maximum Gasteiger partial charge on any atom is 0.258 e. The van der Waals surface area contributed by atoms with E-state index in [1.807, 2.05) is 35.8 Å². The van der Waals surface area contributed by atoms with Crippen molar-refractivity contribution >= 4 is 39.9 Å². The number of amides is 1. The second-order valence-corrected chi connectivity index (χ2v) is 8.44. The van der Waals surface area contributed by atoms with E-state index in [-0.39, 0.29) is 5.91 Å². The third-order valence-corrected chi connectivity index (χ3v) is 6.58. The third kappa shape index (κ3) is 2.85. The van der Waals surface area contributed by atoms with Crippen LogP contribution >= 0.6 is 22.9 Å². The highest BCUT2D eigenvalue weighted by atomic mass is 35.5. The molecular formula is C21H17ClN4O2S. The van der Waals surface area contributed by atoms with Crippen molar-refractivity contribution in [2.75, 3.05) is 13.6 Å². The number of aliphatic hydroxyl groups is 1. The number of pyridine rings is 1. The van der Waals surface area contributed by atoms with Gasteiger partial charge in [0.05, 0.1) is 10.7 Å². The van der Waals surface area contributed by atoms with Crippen molar-refractivity contribution < 1.29 is 9.90 Å². The summed E-state index contributed by atoms with van der Waals surface area (Å²) in [6.45, 7) is 0.536. The lowest BCUT2D eigenvalue weighted by Crippen LogP contribution is -2.36. The van der Waals surface area contributed by atoms with E-state index >= 15 is 0 Å². The first-order chi connectivity index (χ1) is 14.0. The third-order valence-electron chi connectivity index (χ3n) is 5.40. The van der Waals surface area contributed by atoms with Crippen LogP contribution in [-0.2, 0) is 10.4 Å². The Hall–Kier alpha value is -2.74. The van der Waals surface area contributed by atoms with Gasteiger partial charge in [-0.25, -0.2) is 9.97 Å². The summed E-state index contributed by atoms with van der Waals surface area (Å²) >= 11 is 7.91. The fraction of sp³-hybridized carbons (Fsp3) is 0.190. The highest BCUT2D eigenvalue weighted by molar-refractivity contribution is 7.13. The fourth-order valence-electron chi connectivity index (χ4n) is 3.80. The number of benzene rings is 1. The molecule has 0 unspecified atom stereocenters. The molecule has 1 aromatic carbocycles. The van der Waals surface area contributed by atoms with E-state index in [0.29, 0.717) is 23.6 Å². The van der Waals surface area contributed by atoms with E-state index in [4.69, 9.17) is 16.6 Å². The number of thiazole rings is 1. The number of aromatic amines is 1. The molecule has 1 amide bonds. The van der Waals surface area contributed by atoms with Crippen LogP contribution in [0, 0.1) is 0 Å². The summed E-state index contributed by atoms with van der Waals surface area (Å²) in [5, 5.41) is 15.2. The van der Waals surface area contributed by atoms with Crippen molar-refractivity contribution in [3.05, 3.63) is 58.7 Å². The number of nitrogens with zero attached hydrogens (tertiary/aromatic N) is 3. The van der Waals surface area contributed by atoms with Crippen LogP contribution in [0.4, 0.5) is 0 Å². The number of nitrogens with one attached hydrogen (secondary N) is 1. The van der Waals surface area contributed by atoms with Gasteiger partial charge in [-0.15, -0.1) is 11.3 Å². The molecule has 6 nitrogen and oxygen atoms in total. The molecule has 0 aliphatic carbocycles. The first kappa shape index (κ1) is 18.3.